The molecule has 0 spiro atoms. The van der Waals surface area contributed by atoms with Crippen LogP contribution in [0.3, 0.4) is 0 Å². The molecule has 92 valence electrons. The largest absolute Gasteiger partial charge is 0.359 e. The monoisotopic (exact) mass is 338 g/mol. The zero-order valence-corrected chi connectivity index (χ0v) is 12.4. The lowest BCUT2D eigenvalue weighted by Gasteiger charge is -2.13. The average molecular weight is 338 g/mol. The number of hydrogen-bond donors (Lipinski definition) is 2. The highest BCUT2D eigenvalue weighted by atomic mass is 127. The van der Waals surface area contributed by atoms with Gasteiger partial charge in [-0.05, 0) is 20.8 Å². The molecule has 6 heteroatoms. The van der Waals surface area contributed by atoms with Gasteiger partial charge in [-0.2, -0.15) is 0 Å². The number of rotatable bonds is 3. The van der Waals surface area contributed by atoms with Gasteiger partial charge in [0.2, 0.25) is 0 Å². The van der Waals surface area contributed by atoms with Crippen molar-refractivity contribution in [2.24, 2.45) is 4.99 Å². The molecule has 0 aromatic carbocycles. The summed E-state index contributed by atoms with van der Waals surface area (Å²) in [6.45, 7) is 6.61. The van der Waals surface area contributed by atoms with Crippen LogP contribution in [-0.4, -0.2) is 24.2 Å². The Bertz CT molecular complexity index is 335. The van der Waals surface area contributed by atoms with Crippen LogP contribution in [0, 0.1) is 6.92 Å². The smallest absolute Gasteiger partial charge is 0.191 e. The lowest BCUT2D eigenvalue weighted by atomic mass is 10.4. The fourth-order valence-corrected chi connectivity index (χ4v) is 1.14. The molecule has 1 rings (SSSR count). The maximum absolute atomic E-state index is 5.07. The molecule has 1 aromatic rings. The van der Waals surface area contributed by atoms with Crippen LogP contribution in [0.1, 0.15) is 25.3 Å². The van der Waals surface area contributed by atoms with Crippen LogP contribution >= 0.6 is 24.0 Å². The van der Waals surface area contributed by atoms with Crippen molar-refractivity contribution in [3.05, 3.63) is 17.5 Å². The van der Waals surface area contributed by atoms with Gasteiger partial charge >= 0.3 is 0 Å². The summed E-state index contributed by atoms with van der Waals surface area (Å²) in [5, 5.41) is 10.1. The topological polar surface area (TPSA) is 62.5 Å². The Kier molecular flexibility index (Phi) is 7.11. The molecule has 0 bridgehead atoms. The highest BCUT2D eigenvalue weighted by molar-refractivity contribution is 14.0. The molecule has 0 aliphatic heterocycles. The van der Waals surface area contributed by atoms with Crippen molar-refractivity contribution in [2.75, 3.05) is 7.05 Å². The summed E-state index contributed by atoms with van der Waals surface area (Å²) in [6, 6.07) is 2.25. The van der Waals surface area contributed by atoms with Crippen LogP contribution in [0.4, 0.5) is 0 Å². The van der Waals surface area contributed by atoms with Crippen LogP contribution in [0.15, 0.2) is 15.6 Å². The number of nitrogens with zero attached hydrogens (tertiary/aromatic N) is 2. The van der Waals surface area contributed by atoms with Crippen molar-refractivity contribution in [3.8, 4) is 0 Å². The number of hydrogen-bond acceptors (Lipinski definition) is 3. The number of nitrogens with one attached hydrogen (secondary N) is 2. The Morgan fingerprint density at radius 1 is 1.56 bits per heavy atom. The summed E-state index contributed by atoms with van der Waals surface area (Å²) >= 11 is 0. The van der Waals surface area contributed by atoms with Crippen LogP contribution in [0.2, 0.25) is 0 Å². The van der Waals surface area contributed by atoms with Gasteiger partial charge in [0.1, 0.15) is 0 Å². The van der Waals surface area contributed by atoms with Gasteiger partial charge in [-0.25, -0.2) is 0 Å². The fourth-order valence-electron chi connectivity index (χ4n) is 1.14. The second-order valence-electron chi connectivity index (χ2n) is 3.66. The van der Waals surface area contributed by atoms with E-state index in [2.05, 4.69) is 34.6 Å². The number of aryl methyl sites for hydroxylation is 1. The average Bonchev–Trinajstić information content (AvgIpc) is 2.58. The highest BCUT2D eigenvalue weighted by Crippen LogP contribution is 2.00. The van der Waals surface area contributed by atoms with Gasteiger partial charge in [0.05, 0.1) is 12.2 Å². The van der Waals surface area contributed by atoms with Gasteiger partial charge in [-0.1, -0.05) is 5.16 Å². The normalized spacial score (nSPS) is 11.2. The number of guanidine groups is 1. The summed E-state index contributed by atoms with van der Waals surface area (Å²) < 4.78 is 5.07. The van der Waals surface area contributed by atoms with Gasteiger partial charge in [0.15, 0.2) is 11.7 Å². The minimum absolute atomic E-state index is 0. The molecule has 0 aliphatic carbocycles. The Hall–Kier alpha value is -0.790. The molecule has 0 atom stereocenters. The summed E-state index contributed by atoms with van der Waals surface area (Å²) in [5.41, 5.74) is 0.888. The zero-order chi connectivity index (χ0) is 11.3. The highest BCUT2D eigenvalue weighted by Gasteiger charge is 2.03. The van der Waals surface area contributed by atoms with Gasteiger partial charge in [0.25, 0.3) is 0 Å². The molecule has 0 unspecified atom stereocenters. The van der Waals surface area contributed by atoms with Crippen LogP contribution in [-0.2, 0) is 6.54 Å². The Morgan fingerprint density at radius 2 is 2.25 bits per heavy atom. The number of halogens is 1. The first kappa shape index (κ1) is 15.2. The van der Waals surface area contributed by atoms with E-state index < -0.39 is 0 Å². The first-order chi connectivity index (χ1) is 7.11. The number of aromatic nitrogens is 1. The van der Waals surface area contributed by atoms with Crippen molar-refractivity contribution in [1.82, 2.24) is 15.8 Å². The second kappa shape index (κ2) is 7.48. The first-order valence-electron chi connectivity index (χ1n) is 5.01. The Balaban J connectivity index is 0.00000225. The lowest BCUT2D eigenvalue weighted by Crippen LogP contribution is -2.40. The molecule has 0 aliphatic rings. The standard InChI is InChI=1S/C10H18N4O.HI/c1-7(2)13-10(11-4)12-6-9-5-8(3)14-15-9;/h5,7H,6H2,1-4H3,(H2,11,12,13);1H. The van der Waals surface area contributed by atoms with E-state index in [1.807, 2.05) is 13.0 Å². The lowest BCUT2D eigenvalue weighted by molar-refractivity contribution is 0.376. The summed E-state index contributed by atoms with van der Waals surface area (Å²) in [5.74, 6) is 1.57. The SMILES string of the molecule is CN=C(NCc1cc(C)no1)NC(C)C.I. The van der Waals surface area contributed by atoms with E-state index >= 15 is 0 Å². The third-order valence-electron chi connectivity index (χ3n) is 1.76. The maximum Gasteiger partial charge on any atom is 0.191 e. The zero-order valence-electron chi connectivity index (χ0n) is 10.1. The van der Waals surface area contributed by atoms with Crippen molar-refractivity contribution < 1.29 is 4.52 Å². The first-order valence-corrected chi connectivity index (χ1v) is 5.01. The predicted octanol–water partition coefficient (Wildman–Crippen LogP) is 1.67. The van der Waals surface area contributed by atoms with E-state index in [0.29, 0.717) is 12.6 Å². The van der Waals surface area contributed by atoms with E-state index in [-0.39, 0.29) is 24.0 Å². The third kappa shape index (κ3) is 5.34. The van der Waals surface area contributed by atoms with Crippen molar-refractivity contribution in [2.45, 2.75) is 33.4 Å². The molecular weight excluding hydrogens is 319 g/mol. The minimum Gasteiger partial charge on any atom is -0.359 e. The van der Waals surface area contributed by atoms with E-state index in [9.17, 15) is 0 Å². The molecule has 1 heterocycles. The second-order valence-corrected chi connectivity index (χ2v) is 3.66. The quantitative estimate of drug-likeness (QED) is 0.500. The summed E-state index contributed by atoms with van der Waals surface area (Å²) in [6.07, 6.45) is 0. The van der Waals surface area contributed by atoms with Crippen LogP contribution in [0.25, 0.3) is 0 Å². The van der Waals surface area contributed by atoms with Gasteiger partial charge in [0, 0.05) is 19.2 Å². The molecule has 0 amide bonds. The van der Waals surface area contributed by atoms with Crippen LogP contribution < -0.4 is 10.6 Å². The van der Waals surface area contributed by atoms with Gasteiger partial charge in [-0.3, -0.25) is 4.99 Å². The van der Waals surface area contributed by atoms with E-state index in [4.69, 9.17) is 4.52 Å². The predicted molar refractivity (Wildman–Crippen MR) is 75.1 cm³/mol. The Labute approximate surface area is 113 Å². The maximum atomic E-state index is 5.07. The van der Waals surface area contributed by atoms with E-state index in [1.165, 1.54) is 0 Å². The van der Waals surface area contributed by atoms with Crippen molar-refractivity contribution >= 4 is 29.9 Å². The molecule has 1 aromatic heterocycles. The van der Waals surface area contributed by atoms with Gasteiger partial charge < -0.3 is 15.2 Å². The van der Waals surface area contributed by atoms with Crippen molar-refractivity contribution in [1.29, 1.82) is 0 Å². The van der Waals surface area contributed by atoms with Crippen LogP contribution in [0.5, 0.6) is 0 Å². The molecule has 0 radical (unpaired) electrons. The van der Waals surface area contributed by atoms with E-state index in [0.717, 1.165) is 17.4 Å². The molecule has 0 fully saturated rings. The number of aliphatic imine (C=N–C) groups is 1. The summed E-state index contributed by atoms with van der Waals surface area (Å²) in [4.78, 5) is 4.08. The molecule has 2 N–H and O–H groups in total. The molecule has 0 saturated carbocycles. The third-order valence-corrected chi connectivity index (χ3v) is 1.76. The van der Waals surface area contributed by atoms with Gasteiger partial charge in [-0.15, -0.1) is 24.0 Å². The van der Waals surface area contributed by atoms with E-state index in [1.54, 1.807) is 7.05 Å². The molecule has 16 heavy (non-hydrogen) atoms. The minimum atomic E-state index is 0. The molecular formula is C10H19IN4O. The van der Waals surface area contributed by atoms with Crippen molar-refractivity contribution in [3.63, 3.8) is 0 Å². The molecule has 5 nitrogen and oxygen atoms in total. The molecule has 0 saturated heterocycles. The Morgan fingerprint density at radius 3 is 2.69 bits per heavy atom. The summed E-state index contributed by atoms with van der Waals surface area (Å²) in [7, 11) is 1.74. The fraction of sp³-hybridized carbons (Fsp3) is 0.600.